The third kappa shape index (κ3) is 3.44. The molecule has 1 aliphatic heterocycles. The molecule has 29 heavy (non-hydrogen) atoms. The molecule has 150 valence electrons. The Bertz CT molecular complexity index is 1120. The van der Waals surface area contributed by atoms with Crippen LogP contribution in [-0.4, -0.2) is 27.5 Å². The number of fused-ring (bicyclic) bond motifs is 1. The number of nitrogens with one attached hydrogen (secondary N) is 2. The molecule has 2 heterocycles. The van der Waals surface area contributed by atoms with Crippen LogP contribution >= 0.6 is 0 Å². The number of imidazole rings is 1. The van der Waals surface area contributed by atoms with E-state index in [4.69, 9.17) is 0 Å². The van der Waals surface area contributed by atoms with Gasteiger partial charge in [0.25, 0.3) is 0 Å². The summed E-state index contributed by atoms with van der Waals surface area (Å²) in [7, 11) is 0. The number of hydrogen-bond donors (Lipinski definition) is 2. The fraction of sp³-hybridized carbons (Fsp3) is 0.318. The molecule has 2 N–H and O–H groups in total. The van der Waals surface area contributed by atoms with Crippen LogP contribution < -0.4 is 16.3 Å². The number of benzene rings is 2. The Kier molecular flexibility index (Phi) is 4.96. The van der Waals surface area contributed by atoms with E-state index in [1.165, 1.54) is 4.57 Å². The van der Waals surface area contributed by atoms with Crippen LogP contribution in [0.1, 0.15) is 25.3 Å². The van der Waals surface area contributed by atoms with E-state index in [1.807, 2.05) is 61.5 Å². The lowest BCUT2D eigenvalue weighted by Crippen LogP contribution is -2.49. The van der Waals surface area contributed by atoms with Crippen LogP contribution in [0, 0.1) is 0 Å². The van der Waals surface area contributed by atoms with Gasteiger partial charge in [-0.2, -0.15) is 0 Å². The van der Waals surface area contributed by atoms with Gasteiger partial charge in [-0.25, -0.2) is 4.79 Å². The highest BCUT2D eigenvalue weighted by Gasteiger charge is 2.39. The van der Waals surface area contributed by atoms with Gasteiger partial charge in [-0.1, -0.05) is 42.5 Å². The van der Waals surface area contributed by atoms with E-state index in [2.05, 4.69) is 10.6 Å². The molecule has 1 fully saturated rings. The molecule has 0 aliphatic carbocycles. The van der Waals surface area contributed by atoms with Crippen molar-refractivity contribution in [2.24, 2.45) is 0 Å². The lowest BCUT2D eigenvalue weighted by Gasteiger charge is -2.30. The minimum atomic E-state index is -0.615. The molecule has 1 unspecified atom stereocenters. The molecule has 1 saturated heterocycles. The molecule has 0 bridgehead atoms. The number of aromatic nitrogens is 2. The number of para-hydroxylation sites is 2. The van der Waals surface area contributed by atoms with E-state index in [-0.39, 0.29) is 30.6 Å². The van der Waals surface area contributed by atoms with Crippen molar-refractivity contribution in [1.29, 1.82) is 0 Å². The maximum Gasteiger partial charge on any atom is 0.329 e. The number of rotatable bonds is 6. The van der Waals surface area contributed by atoms with Crippen molar-refractivity contribution in [2.45, 2.75) is 38.4 Å². The number of amides is 2. The molecule has 7 heteroatoms. The Labute approximate surface area is 168 Å². The lowest BCUT2D eigenvalue weighted by molar-refractivity contribution is -0.123. The van der Waals surface area contributed by atoms with Crippen LogP contribution in [0.25, 0.3) is 11.0 Å². The van der Waals surface area contributed by atoms with Crippen molar-refractivity contribution in [2.75, 3.05) is 6.54 Å². The first-order valence-electron chi connectivity index (χ1n) is 9.85. The molecule has 1 aliphatic rings. The summed E-state index contributed by atoms with van der Waals surface area (Å²) in [6.45, 7) is 2.66. The SMILES string of the molecule is CCn1c(=O)n(CC(=O)NCC2(c3ccccc3)CCC(=O)N2)c2ccccc21. The largest absolute Gasteiger partial charge is 0.352 e. The number of carbonyl (C=O) groups excluding carboxylic acids is 2. The summed E-state index contributed by atoms with van der Waals surface area (Å²) in [6.07, 6.45) is 1.04. The maximum atomic E-state index is 12.7. The molecule has 3 aromatic rings. The van der Waals surface area contributed by atoms with E-state index in [0.29, 0.717) is 19.4 Å². The van der Waals surface area contributed by atoms with Gasteiger partial charge in [-0.05, 0) is 31.0 Å². The van der Waals surface area contributed by atoms with Crippen molar-refractivity contribution in [3.8, 4) is 0 Å². The lowest BCUT2D eigenvalue weighted by atomic mass is 9.88. The second-order valence-electron chi connectivity index (χ2n) is 7.37. The molecule has 0 radical (unpaired) electrons. The van der Waals surface area contributed by atoms with Crippen molar-refractivity contribution in [3.05, 3.63) is 70.6 Å². The third-order valence-electron chi connectivity index (χ3n) is 5.61. The normalized spacial score (nSPS) is 18.7. The van der Waals surface area contributed by atoms with Gasteiger partial charge in [0.1, 0.15) is 6.54 Å². The zero-order chi connectivity index (χ0) is 20.4. The quantitative estimate of drug-likeness (QED) is 0.670. The number of carbonyl (C=O) groups is 2. The van der Waals surface area contributed by atoms with E-state index >= 15 is 0 Å². The molecule has 2 amide bonds. The summed E-state index contributed by atoms with van der Waals surface area (Å²) in [6, 6.07) is 17.1. The van der Waals surface area contributed by atoms with Gasteiger partial charge >= 0.3 is 5.69 Å². The maximum absolute atomic E-state index is 12.7. The van der Waals surface area contributed by atoms with Gasteiger partial charge in [-0.3, -0.25) is 18.7 Å². The summed E-state index contributed by atoms with van der Waals surface area (Å²) in [5.41, 5.74) is 1.70. The highest BCUT2D eigenvalue weighted by atomic mass is 16.2. The standard InChI is InChI=1S/C22H24N4O3/c1-2-25-17-10-6-7-11-18(17)26(21(25)29)14-20(28)23-15-22(13-12-19(27)24-22)16-8-4-3-5-9-16/h3-11H,2,12-15H2,1H3,(H,23,28)(H,24,27). The Hall–Kier alpha value is -3.35. The van der Waals surface area contributed by atoms with Crippen molar-refractivity contribution in [1.82, 2.24) is 19.8 Å². The van der Waals surface area contributed by atoms with E-state index in [0.717, 1.165) is 16.6 Å². The van der Waals surface area contributed by atoms with Gasteiger partial charge < -0.3 is 10.6 Å². The van der Waals surface area contributed by atoms with Gasteiger partial charge in [0.2, 0.25) is 11.8 Å². The summed E-state index contributed by atoms with van der Waals surface area (Å²) < 4.78 is 3.15. The van der Waals surface area contributed by atoms with Crippen LogP contribution in [-0.2, 0) is 28.2 Å². The van der Waals surface area contributed by atoms with Crippen molar-refractivity contribution in [3.63, 3.8) is 0 Å². The smallest absolute Gasteiger partial charge is 0.329 e. The molecule has 0 spiro atoms. The third-order valence-corrected chi connectivity index (χ3v) is 5.61. The molecular weight excluding hydrogens is 368 g/mol. The molecule has 4 rings (SSSR count). The minimum Gasteiger partial charge on any atom is -0.352 e. The molecule has 7 nitrogen and oxygen atoms in total. The monoisotopic (exact) mass is 392 g/mol. The Morgan fingerprint density at radius 1 is 1.03 bits per heavy atom. The Balaban J connectivity index is 1.55. The molecule has 2 aromatic carbocycles. The van der Waals surface area contributed by atoms with Gasteiger partial charge in [0.15, 0.2) is 0 Å². The van der Waals surface area contributed by atoms with Crippen molar-refractivity contribution >= 4 is 22.8 Å². The predicted molar refractivity (Wildman–Crippen MR) is 110 cm³/mol. The van der Waals surface area contributed by atoms with E-state index in [1.54, 1.807) is 4.57 Å². The fourth-order valence-electron chi connectivity index (χ4n) is 4.11. The number of nitrogens with zero attached hydrogens (tertiary/aromatic N) is 2. The van der Waals surface area contributed by atoms with Crippen molar-refractivity contribution < 1.29 is 9.59 Å². The first kappa shape index (κ1) is 19.0. The highest BCUT2D eigenvalue weighted by molar-refractivity contribution is 5.82. The Morgan fingerprint density at radius 2 is 1.69 bits per heavy atom. The first-order chi connectivity index (χ1) is 14.0. The minimum absolute atomic E-state index is 0.0228. The van der Waals surface area contributed by atoms with Crippen LogP contribution in [0.5, 0.6) is 0 Å². The molecule has 0 saturated carbocycles. The Morgan fingerprint density at radius 3 is 2.31 bits per heavy atom. The van der Waals surface area contributed by atoms with Crippen LogP contribution in [0.4, 0.5) is 0 Å². The van der Waals surface area contributed by atoms with Gasteiger partial charge in [0, 0.05) is 19.5 Å². The van der Waals surface area contributed by atoms with E-state index in [9.17, 15) is 14.4 Å². The second kappa shape index (κ2) is 7.58. The highest BCUT2D eigenvalue weighted by Crippen LogP contribution is 2.30. The zero-order valence-corrected chi connectivity index (χ0v) is 16.4. The molecule has 1 aromatic heterocycles. The number of hydrogen-bond acceptors (Lipinski definition) is 3. The first-order valence-corrected chi connectivity index (χ1v) is 9.85. The van der Waals surface area contributed by atoms with E-state index < -0.39 is 5.54 Å². The summed E-state index contributed by atoms with van der Waals surface area (Å²) >= 11 is 0. The second-order valence-corrected chi connectivity index (χ2v) is 7.37. The molecule has 1 atom stereocenters. The van der Waals surface area contributed by atoms with Crippen LogP contribution in [0.3, 0.4) is 0 Å². The summed E-state index contributed by atoms with van der Waals surface area (Å²) in [5, 5.41) is 5.96. The molecular formula is C22H24N4O3. The van der Waals surface area contributed by atoms with Crippen LogP contribution in [0.15, 0.2) is 59.4 Å². The summed E-state index contributed by atoms with van der Waals surface area (Å²) in [5.74, 6) is -0.284. The van der Waals surface area contributed by atoms with Crippen LogP contribution in [0.2, 0.25) is 0 Å². The van der Waals surface area contributed by atoms with Gasteiger partial charge in [-0.15, -0.1) is 0 Å². The predicted octanol–water partition coefficient (Wildman–Crippen LogP) is 1.74. The fourth-order valence-corrected chi connectivity index (χ4v) is 4.11. The average molecular weight is 392 g/mol. The average Bonchev–Trinajstić information content (AvgIpc) is 3.26. The summed E-state index contributed by atoms with van der Waals surface area (Å²) in [4.78, 5) is 37.4. The topological polar surface area (TPSA) is 85.1 Å². The van der Waals surface area contributed by atoms with Gasteiger partial charge in [0.05, 0.1) is 16.6 Å². The number of aryl methyl sites for hydroxylation is 1. The zero-order valence-electron chi connectivity index (χ0n) is 16.4.